The number of rotatable bonds is 9. The van der Waals surface area contributed by atoms with Gasteiger partial charge >= 0.3 is 0 Å². The summed E-state index contributed by atoms with van der Waals surface area (Å²) in [4.78, 5) is 5.20. The first-order valence-electron chi connectivity index (χ1n) is 9.30. The van der Waals surface area contributed by atoms with Crippen LogP contribution in [0.3, 0.4) is 0 Å². The quantitative estimate of drug-likeness (QED) is 0.218. The van der Waals surface area contributed by atoms with Gasteiger partial charge in [0.15, 0.2) is 0 Å². The first-order valence-corrected chi connectivity index (χ1v) is 10.1. The van der Waals surface area contributed by atoms with E-state index in [0.29, 0.717) is 4.88 Å². The van der Waals surface area contributed by atoms with Gasteiger partial charge in [-0.15, -0.1) is 11.3 Å². The Balaban J connectivity index is 1.82. The SMILES string of the molecule is N#Cc1ccc(COc2ccc(C(F)(F)C(CN(N)/C=N\N)c3ccccc3F)nc2)s1. The molecule has 7 nitrogen and oxygen atoms in total. The molecule has 0 fully saturated rings. The van der Waals surface area contributed by atoms with E-state index in [1.54, 1.807) is 12.1 Å². The van der Waals surface area contributed by atoms with Crippen molar-refractivity contribution < 1.29 is 17.9 Å². The van der Waals surface area contributed by atoms with Gasteiger partial charge in [0.1, 0.15) is 41.2 Å². The van der Waals surface area contributed by atoms with Gasteiger partial charge < -0.3 is 10.6 Å². The number of alkyl halides is 2. The van der Waals surface area contributed by atoms with Crippen molar-refractivity contribution in [3.05, 3.63) is 81.6 Å². The number of hydrogen-bond acceptors (Lipinski definition) is 7. The van der Waals surface area contributed by atoms with Crippen LogP contribution < -0.4 is 16.4 Å². The fourth-order valence-corrected chi connectivity index (χ4v) is 3.74. The average molecular weight is 460 g/mol. The molecule has 166 valence electrons. The lowest BCUT2D eigenvalue weighted by molar-refractivity contribution is -0.0443. The number of hydrazone groups is 1. The van der Waals surface area contributed by atoms with E-state index in [1.165, 1.54) is 41.8 Å². The second kappa shape index (κ2) is 10.1. The lowest BCUT2D eigenvalue weighted by Gasteiger charge is -2.29. The molecule has 0 aliphatic heterocycles. The topological polar surface area (TPSA) is 114 Å². The summed E-state index contributed by atoms with van der Waals surface area (Å²) in [5.74, 6) is 4.95. The molecule has 0 bridgehead atoms. The zero-order valence-corrected chi connectivity index (χ0v) is 17.5. The molecule has 4 N–H and O–H groups in total. The lowest BCUT2D eigenvalue weighted by atomic mass is 9.89. The lowest BCUT2D eigenvalue weighted by Crippen LogP contribution is -2.40. The van der Waals surface area contributed by atoms with Crippen molar-refractivity contribution in [2.75, 3.05) is 6.54 Å². The van der Waals surface area contributed by atoms with E-state index in [4.69, 9.17) is 21.7 Å². The Bertz CT molecular complexity index is 1110. The standard InChI is InChI=1S/C21H19F3N6OS/c22-19-4-2-1-3-17(19)18(11-30(27)13-29-26)21(23,24)20-8-5-14(10-28-20)31-12-16-7-6-15(9-25)32-16/h1-8,10,13,18H,11-12,26-27H2/b29-13-. The number of hydrazine groups is 1. The van der Waals surface area contributed by atoms with E-state index >= 15 is 8.78 Å². The van der Waals surface area contributed by atoms with Crippen molar-refractivity contribution >= 4 is 17.7 Å². The van der Waals surface area contributed by atoms with Crippen LogP contribution in [-0.2, 0) is 12.5 Å². The number of halogens is 3. The highest BCUT2D eigenvalue weighted by Gasteiger charge is 2.45. The van der Waals surface area contributed by atoms with Crippen molar-refractivity contribution in [1.82, 2.24) is 9.99 Å². The van der Waals surface area contributed by atoms with Gasteiger partial charge in [-0.2, -0.15) is 19.1 Å². The van der Waals surface area contributed by atoms with Crippen LogP contribution in [0.4, 0.5) is 13.2 Å². The van der Waals surface area contributed by atoms with E-state index in [0.717, 1.165) is 28.4 Å². The first-order chi connectivity index (χ1) is 15.3. The Kier molecular flexibility index (Phi) is 7.29. The minimum absolute atomic E-state index is 0.169. The summed E-state index contributed by atoms with van der Waals surface area (Å²) < 4.78 is 50.8. The number of ether oxygens (including phenoxy) is 1. The van der Waals surface area contributed by atoms with E-state index in [-0.39, 0.29) is 17.9 Å². The predicted molar refractivity (Wildman–Crippen MR) is 114 cm³/mol. The van der Waals surface area contributed by atoms with Gasteiger partial charge in [-0.25, -0.2) is 10.2 Å². The summed E-state index contributed by atoms with van der Waals surface area (Å²) in [6.45, 7) is -0.295. The minimum atomic E-state index is -3.57. The first kappa shape index (κ1) is 23.1. The Morgan fingerprint density at radius 2 is 2.03 bits per heavy atom. The molecule has 2 aromatic heterocycles. The predicted octanol–water partition coefficient (Wildman–Crippen LogP) is 3.69. The van der Waals surface area contributed by atoms with Crippen molar-refractivity contribution in [1.29, 1.82) is 5.26 Å². The van der Waals surface area contributed by atoms with Crippen molar-refractivity contribution in [3.8, 4) is 11.8 Å². The summed E-state index contributed by atoms with van der Waals surface area (Å²) in [5, 5.41) is 12.9. The minimum Gasteiger partial charge on any atom is -0.486 e. The number of nitriles is 1. The van der Waals surface area contributed by atoms with Crippen molar-refractivity contribution in [2.24, 2.45) is 16.8 Å². The van der Waals surface area contributed by atoms with Crippen molar-refractivity contribution in [2.45, 2.75) is 18.4 Å². The molecule has 3 rings (SSSR count). The highest BCUT2D eigenvalue weighted by molar-refractivity contribution is 7.12. The van der Waals surface area contributed by atoms with Crippen LogP contribution in [0.5, 0.6) is 5.75 Å². The van der Waals surface area contributed by atoms with Gasteiger partial charge in [-0.1, -0.05) is 18.2 Å². The fourth-order valence-electron chi connectivity index (χ4n) is 3.02. The average Bonchev–Trinajstić information content (AvgIpc) is 3.25. The Morgan fingerprint density at radius 3 is 2.66 bits per heavy atom. The van der Waals surface area contributed by atoms with Crippen LogP contribution in [0.25, 0.3) is 0 Å². The van der Waals surface area contributed by atoms with E-state index in [9.17, 15) is 4.39 Å². The molecule has 0 aliphatic carbocycles. The van der Waals surface area contributed by atoms with Crippen LogP contribution in [0.1, 0.15) is 26.9 Å². The second-order valence-electron chi connectivity index (χ2n) is 6.70. The maximum atomic E-state index is 15.5. The van der Waals surface area contributed by atoms with Gasteiger partial charge in [0.05, 0.1) is 12.1 Å². The maximum absolute atomic E-state index is 15.5. The van der Waals surface area contributed by atoms with Crippen LogP contribution in [0.2, 0.25) is 0 Å². The van der Waals surface area contributed by atoms with Gasteiger partial charge in [0, 0.05) is 11.4 Å². The second-order valence-corrected chi connectivity index (χ2v) is 7.87. The molecular weight excluding hydrogens is 441 g/mol. The number of pyridine rings is 1. The highest BCUT2D eigenvalue weighted by atomic mass is 32.1. The van der Waals surface area contributed by atoms with E-state index < -0.39 is 29.9 Å². The van der Waals surface area contributed by atoms with Crippen LogP contribution >= 0.6 is 11.3 Å². The number of hydrogen-bond donors (Lipinski definition) is 2. The van der Waals surface area contributed by atoms with Crippen molar-refractivity contribution in [3.63, 3.8) is 0 Å². The number of nitrogens with two attached hydrogens (primary N) is 2. The zero-order chi connectivity index (χ0) is 23.1. The number of nitrogens with zero attached hydrogens (tertiary/aromatic N) is 4. The number of benzene rings is 1. The third-order valence-electron chi connectivity index (χ3n) is 4.56. The maximum Gasteiger partial charge on any atom is 0.298 e. The number of thiophene rings is 1. The Hall–Kier alpha value is -3.62. The van der Waals surface area contributed by atoms with E-state index in [1.807, 2.05) is 6.07 Å². The van der Waals surface area contributed by atoms with Gasteiger partial charge in [0.2, 0.25) is 0 Å². The number of aromatic nitrogens is 1. The monoisotopic (exact) mass is 460 g/mol. The molecule has 1 unspecified atom stereocenters. The molecule has 0 radical (unpaired) electrons. The molecule has 0 amide bonds. The van der Waals surface area contributed by atoms with Gasteiger partial charge in [-0.3, -0.25) is 9.99 Å². The molecule has 0 aliphatic rings. The largest absolute Gasteiger partial charge is 0.486 e. The molecule has 3 aromatic rings. The van der Waals surface area contributed by atoms with Gasteiger partial charge in [-0.05, 0) is 35.9 Å². The molecule has 1 aromatic carbocycles. The zero-order valence-electron chi connectivity index (χ0n) is 16.7. The molecule has 0 saturated carbocycles. The summed E-state index contributed by atoms with van der Waals surface area (Å²) in [7, 11) is 0. The summed E-state index contributed by atoms with van der Waals surface area (Å²) in [6.07, 6.45) is 2.14. The molecule has 0 spiro atoms. The van der Waals surface area contributed by atoms with Crippen LogP contribution in [0.15, 0.2) is 59.8 Å². The summed E-state index contributed by atoms with van der Waals surface area (Å²) >= 11 is 1.27. The molecule has 1 atom stereocenters. The molecule has 11 heteroatoms. The summed E-state index contributed by atoms with van der Waals surface area (Å²) in [6, 6.07) is 13.2. The smallest absolute Gasteiger partial charge is 0.298 e. The third kappa shape index (κ3) is 5.35. The van der Waals surface area contributed by atoms with Crippen LogP contribution in [0, 0.1) is 17.1 Å². The van der Waals surface area contributed by atoms with E-state index in [2.05, 4.69) is 10.1 Å². The fraction of sp³-hybridized carbons (Fsp3) is 0.190. The van der Waals surface area contributed by atoms with Crippen LogP contribution in [-0.4, -0.2) is 22.9 Å². The highest BCUT2D eigenvalue weighted by Crippen LogP contribution is 2.42. The third-order valence-corrected chi connectivity index (χ3v) is 5.52. The molecular formula is C21H19F3N6OS. The Labute approximate surface area is 186 Å². The summed E-state index contributed by atoms with van der Waals surface area (Å²) in [5.41, 5.74) is -0.787. The molecule has 32 heavy (non-hydrogen) atoms. The normalized spacial score (nSPS) is 12.5. The molecule has 2 heterocycles. The Morgan fingerprint density at radius 1 is 1.25 bits per heavy atom. The van der Waals surface area contributed by atoms with Gasteiger partial charge in [0.25, 0.3) is 5.92 Å². The molecule has 0 saturated heterocycles.